The van der Waals surface area contributed by atoms with Crippen LogP contribution in [0.4, 0.5) is 8.78 Å². The number of aliphatic carboxylic acids is 1. The van der Waals surface area contributed by atoms with Crippen molar-refractivity contribution in [3.05, 3.63) is 35.4 Å². The van der Waals surface area contributed by atoms with Gasteiger partial charge in [0.2, 0.25) is 5.91 Å². The summed E-state index contributed by atoms with van der Waals surface area (Å²) in [5.41, 5.74) is 0.514. The van der Waals surface area contributed by atoms with Crippen LogP contribution in [0.2, 0.25) is 0 Å². The summed E-state index contributed by atoms with van der Waals surface area (Å²) in [5, 5.41) is 11.1. The predicted molar refractivity (Wildman–Crippen MR) is 64.5 cm³/mol. The molecular formula is C13H15F2NO3. The molecule has 104 valence electrons. The number of halogens is 2. The predicted octanol–water partition coefficient (Wildman–Crippen LogP) is 1.88. The van der Waals surface area contributed by atoms with E-state index in [-0.39, 0.29) is 25.2 Å². The van der Waals surface area contributed by atoms with Gasteiger partial charge in [0.25, 0.3) is 0 Å². The molecule has 1 aromatic rings. The minimum Gasteiger partial charge on any atom is -0.481 e. The fourth-order valence-electron chi connectivity index (χ4n) is 1.61. The van der Waals surface area contributed by atoms with Crippen LogP contribution in [0.15, 0.2) is 18.2 Å². The highest BCUT2D eigenvalue weighted by molar-refractivity contribution is 5.77. The summed E-state index contributed by atoms with van der Waals surface area (Å²) in [7, 11) is 0. The molecule has 2 N–H and O–H groups in total. The van der Waals surface area contributed by atoms with Gasteiger partial charge in [-0.05, 0) is 31.0 Å². The maximum absolute atomic E-state index is 12.9. The number of aryl methyl sites for hydroxylation is 1. The molecule has 0 aromatic heterocycles. The molecule has 0 spiro atoms. The highest BCUT2D eigenvalue weighted by Crippen LogP contribution is 2.10. The van der Waals surface area contributed by atoms with Gasteiger partial charge >= 0.3 is 5.97 Å². The zero-order chi connectivity index (χ0) is 14.4. The standard InChI is InChI=1S/C13H15F2NO3/c1-8(6-13(18)19)16-12(17)5-3-9-2-4-10(14)11(15)7-9/h2,4,7-8H,3,5-6H2,1H3,(H,16,17)(H,18,19). The molecule has 0 heterocycles. The molecule has 1 atom stereocenters. The van der Waals surface area contributed by atoms with E-state index in [0.717, 1.165) is 12.1 Å². The van der Waals surface area contributed by atoms with Gasteiger partial charge in [-0.25, -0.2) is 8.78 Å². The summed E-state index contributed by atoms with van der Waals surface area (Å²) in [5.74, 6) is -3.19. The van der Waals surface area contributed by atoms with Crippen LogP contribution in [0.3, 0.4) is 0 Å². The summed E-state index contributed by atoms with van der Waals surface area (Å²) in [6.45, 7) is 1.59. The number of carboxylic acid groups (broad SMARTS) is 1. The fraction of sp³-hybridized carbons (Fsp3) is 0.385. The first-order valence-corrected chi connectivity index (χ1v) is 5.83. The monoisotopic (exact) mass is 271 g/mol. The number of benzene rings is 1. The smallest absolute Gasteiger partial charge is 0.305 e. The van der Waals surface area contributed by atoms with E-state index in [0.29, 0.717) is 5.56 Å². The molecule has 4 nitrogen and oxygen atoms in total. The average molecular weight is 271 g/mol. The lowest BCUT2D eigenvalue weighted by molar-refractivity contribution is -0.137. The number of carboxylic acids is 1. The van der Waals surface area contributed by atoms with E-state index >= 15 is 0 Å². The van der Waals surface area contributed by atoms with Gasteiger partial charge < -0.3 is 10.4 Å². The molecule has 1 unspecified atom stereocenters. The highest BCUT2D eigenvalue weighted by atomic mass is 19.2. The maximum atomic E-state index is 12.9. The molecule has 0 aliphatic heterocycles. The third-order valence-electron chi connectivity index (χ3n) is 2.51. The molecule has 0 saturated carbocycles. The number of carbonyl (C=O) groups is 2. The Morgan fingerprint density at radius 3 is 2.58 bits per heavy atom. The minimum atomic E-state index is -0.992. The van der Waals surface area contributed by atoms with Crippen LogP contribution in [-0.4, -0.2) is 23.0 Å². The van der Waals surface area contributed by atoms with Crippen LogP contribution >= 0.6 is 0 Å². The van der Waals surface area contributed by atoms with Gasteiger partial charge in [-0.15, -0.1) is 0 Å². The Labute approximate surface area is 109 Å². The van der Waals surface area contributed by atoms with Crippen molar-refractivity contribution in [3.8, 4) is 0 Å². The van der Waals surface area contributed by atoms with E-state index in [1.165, 1.54) is 6.07 Å². The van der Waals surface area contributed by atoms with Gasteiger partial charge in [0.05, 0.1) is 6.42 Å². The van der Waals surface area contributed by atoms with E-state index in [1.807, 2.05) is 0 Å². The van der Waals surface area contributed by atoms with Gasteiger partial charge in [-0.1, -0.05) is 6.07 Å². The Kier molecular flexibility index (Phi) is 5.41. The van der Waals surface area contributed by atoms with Gasteiger partial charge in [-0.3, -0.25) is 9.59 Å². The van der Waals surface area contributed by atoms with Crippen LogP contribution < -0.4 is 5.32 Å². The number of rotatable bonds is 6. The van der Waals surface area contributed by atoms with Crippen molar-refractivity contribution in [1.82, 2.24) is 5.32 Å². The first-order valence-electron chi connectivity index (χ1n) is 5.83. The molecule has 6 heteroatoms. The van der Waals surface area contributed by atoms with Crippen molar-refractivity contribution in [2.45, 2.75) is 32.2 Å². The summed E-state index contributed by atoms with van der Waals surface area (Å²) < 4.78 is 25.6. The van der Waals surface area contributed by atoms with Gasteiger partial charge in [0.15, 0.2) is 11.6 Å². The summed E-state index contributed by atoms with van der Waals surface area (Å²) in [6.07, 6.45) is 0.203. The summed E-state index contributed by atoms with van der Waals surface area (Å²) >= 11 is 0. The fourth-order valence-corrected chi connectivity index (χ4v) is 1.61. The van der Waals surface area contributed by atoms with Crippen molar-refractivity contribution < 1.29 is 23.5 Å². The van der Waals surface area contributed by atoms with Crippen LogP contribution in [0.5, 0.6) is 0 Å². The molecule has 0 saturated heterocycles. The van der Waals surface area contributed by atoms with Crippen LogP contribution in [-0.2, 0) is 16.0 Å². The van der Waals surface area contributed by atoms with Gasteiger partial charge in [0.1, 0.15) is 0 Å². The van der Waals surface area contributed by atoms with E-state index in [4.69, 9.17) is 5.11 Å². The van der Waals surface area contributed by atoms with Crippen molar-refractivity contribution in [3.63, 3.8) is 0 Å². The third-order valence-corrected chi connectivity index (χ3v) is 2.51. The van der Waals surface area contributed by atoms with E-state index in [2.05, 4.69) is 5.32 Å². The molecule has 0 fully saturated rings. The van der Waals surface area contributed by atoms with Crippen LogP contribution in [0.1, 0.15) is 25.3 Å². The Hall–Kier alpha value is -1.98. The van der Waals surface area contributed by atoms with Crippen LogP contribution in [0, 0.1) is 11.6 Å². The number of carbonyl (C=O) groups excluding carboxylic acids is 1. The largest absolute Gasteiger partial charge is 0.481 e. The van der Waals surface area contributed by atoms with Gasteiger partial charge in [0, 0.05) is 12.5 Å². The molecule has 1 aromatic carbocycles. The molecule has 1 rings (SSSR count). The van der Waals surface area contributed by atoms with Crippen molar-refractivity contribution in [2.75, 3.05) is 0 Å². The normalized spacial score (nSPS) is 11.9. The lowest BCUT2D eigenvalue weighted by Crippen LogP contribution is -2.34. The zero-order valence-corrected chi connectivity index (χ0v) is 10.5. The zero-order valence-electron chi connectivity index (χ0n) is 10.5. The molecule has 19 heavy (non-hydrogen) atoms. The van der Waals surface area contributed by atoms with Gasteiger partial charge in [-0.2, -0.15) is 0 Å². The Balaban J connectivity index is 2.41. The quantitative estimate of drug-likeness (QED) is 0.830. The van der Waals surface area contributed by atoms with E-state index < -0.39 is 23.6 Å². The molecular weight excluding hydrogens is 256 g/mol. The van der Waals surface area contributed by atoms with Crippen LogP contribution in [0.25, 0.3) is 0 Å². The molecule has 0 bridgehead atoms. The second kappa shape index (κ2) is 6.82. The lowest BCUT2D eigenvalue weighted by Gasteiger charge is -2.11. The SMILES string of the molecule is CC(CC(=O)O)NC(=O)CCc1ccc(F)c(F)c1. The Morgan fingerprint density at radius 2 is 2.00 bits per heavy atom. The molecule has 1 amide bonds. The van der Waals surface area contributed by atoms with E-state index in [9.17, 15) is 18.4 Å². The topological polar surface area (TPSA) is 66.4 Å². The lowest BCUT2D eigenvalue weighted by atomic mass is 10.1. The Bertz CT molecular complexity index is 477. The molecule has 0 aliphatic carbocycles. The van der Waals surface area contributed by atoms with E-state index in [1.54, 1.807) is 6.92 Å². The Morgan fingerprint density at radius 1 is 1.32 bits per heavy atom. The maximum Gasteiger partial charge on any atom is 0.305 e. The number of amides is 1. The third kappa shape index (κ3) is 5.46. The number of hydrogen-bond donors (Lipinski definition) is 2. The first kappa shape index (κ1) is 15.1. The second-order valence-corrected chi connectivity index (χ2v) is 4.31. The summed E-state index contributed by atoms with van der Waals surface area (Å²) in [4.78, 5) is 21.9. The molecule has 0 radical (unpaired) electrons. The molecule has 0 aliphatic rings. The van der Waals surface area contributed by atoms with Crippen molar-refractivity contribution in [2.24, 2.45) is 0 Å². The highest BCUT2D eigenvalue weighted by Gasteiger charge is 2.11. The number of nitrogens with one attached hydrogen (secondary N) is 1. The van der Waals surface area contributed by atoms with Crippen molar-refractivity contribution >= 4 is 11.9 Å². The summed E-state index contributed by atoms with van der Waals surface area (Å²) in [6, 6.07) is 3.00. The van der Waals surface area contributed by atoms with Crippen molar-refractivity contribution in [1.29, 1.82) is 0 Å². The second-order valence-electron chi connectivity index (χ2n) is 4.31. The minimum absolute atomic E-state index is 0.0923. The number of hydrogen-bond acceptors (Lipinski definition) is 2. The average Bonchev–Trinajstić information content (AvgIpc) is 2.29. The first-order chi connectivity index (χ1) is 8.88.